The molecule has 4 heterocycles. The van der Waals surface area contributed by atoms with E-state index in [2.05, 4.69) is 10.1 Å². The van der Waals surface area contributed by atoms with E-state index in [0.717, 1.165) is 33.0 Å². The standard InChI is InChI=1S/C27H22ClF3N5O3/c1-16-13-18(22-8-10-32-34(22)2)17-5-3-7-24(25(17)33-16)39-15-19-21(28)9-12-36(38)23(19)14-35-11-4-6-20(26(35)37)27(29,30)31/h3-13,38H,14-15H2,1-2H3/q+1. The van der Waals surface area contributed by atoms with Crippen LogP contribution in [0.5, 0.6) is 5.75 Å². The van der Waals surface area contributed by atoms with Gasteiger partial charge in [0, 0.05) is 46.9 Å². The zero-order chi connectivity index (χ0) is 27.9. The second kappa shape index (κ2) is 10.1. The average molecular weight is 557 g/mol. The van der Waals surface area contributed by atoms with Crippen LogP contribution in [0.15, 0.2) is 71.9 Å². The molecule has 0 spiro atoms. The highest BCUT2D eigenvalue weighted by Crippen LogP contribution is 2.34. The summed E-state index contributed by atoms with van der Waals surface area (Å²) in [5.41, 5.74) is 0.983. The number of rotatable bonds is 6. The van der Waals surface area contributed by atoms with Crippen molar-refractivity contribution in [2.45, 2.75) is 26.3 Å². The number of halogens is 4. The lowest BCUT2D eigenvalue weighted by Gasteiger charge is -2.14. The fourth-order valence-corrected chi connectivity index (χ4v) is 4.65. The number of hydrogen-bond donors (Lipinski definition) is 1. The zero-order valence-corrected chi connectivity index (χ0v) is 21.5. The van der Waals surface area contributed by atoms with Crippen molar-refractivity contribution in [1.82, 2.24) is 19.3 Å². The van der Waals surface area contributed by atoms with Crippen LogP contribution in [-0.2, 0) is 26.4 Å². The van der Waals surface area contributed by atoms with Crippen LogP contribution < -0.4 is 15.0 Å². The van der Waals surface area contributed by atoms with Gasteiger partial charge in [-0.05, 0) is 37.3 Å². The molecule has 39 heavy (non-hydrogen) atoms. The molecule has 0 amide bonds. The normalized spacial score (nSPS) is 11.7. The van der Waals surface area contributed by atoms with Gasteiger partial charge in [-0.25, -0.2) is 4.98 Å². The third-order valence-corrected chi connectivity index (χ3v) is 6.67. The number of nitrogens with zero attached hydrogens (tertiary/aromatic N) is 5. The smallest absolute Gasteiger partial charge is 0.421 e. The van der Waals surface area contributed by atoms with E-state index in [4.69, 9.17) is 16.3 Å². The lowest BCUT2D eigenvalue weighted by molar-refractivity contribution is -0.910. The predicted octanol–water partition coefficient (Wildman–Crippen LogP) is 4.93. The molecule has 0 fully saturated rings. The van der Waals surface area contributed by atoms with Gasteiger partial charge in [-0.2, -0.15) is 18.3 Å². The molecule has 0 aliphatic rings. The van der Waals surface area contributed by atoms with Gasteiger partial charge >= 0.3 is 6.18 Å². The number of hydrogen-bond acceptors (Lipinski definition) is 5. The summed E-state index contributed by atoms with van der Waals surface area (Å²) in [5, 5.41) is 15.8. The largest absolute Gasteiger partial charge is 0.486 e. The summed E-state index contributed by atoms with van der Waals surface area (Å²) in [7, 11) is 1.84. The van der Waals surface area contributed by atoms with E-state index in [1.807, 2.05) is 38.2 Å². The molecule has 0 unspecified atom stereocenters. The number of aryl methyl sites for hydroxylation is 2. The van der Waals surface area contributed by atoms with Gasteiger partial charge in [0.15, 0.2) is 0 Å². The van der Waals surface area contributed by atoms with Crippen LogP contribution in [0.2, 0.25) is 5.02 Å². The Balaban J connectivity index is 1.53. The van der Waals surface area contributed by atoms with Crippen LogP contribution in [0.3, 0.4) is 0 Å². The van der Waals surface area contributed by atoms with Crippen molar-refractivity contribution in [2.75, 3.05) is 0 Å². The van der Waals surface area contributed by atoms with Crippen molar-refractivity contribution < 1.29 is 27.8 Å². The summed E-state index contributed by atoms with van der Waals surface area (Å²) < 4.78 is 49.3. The van der Waals surface area contributed by atoms with Crippen molar-refractivity contribution in [1.29, 1.82) is 0 Å². The number of fused-ring (bicyclic) bond motifs is 1. The molecular formula is C27H22ClF3N5O3+. The molecule has 200 valence electrons. The Labute approximate surface area is 225 Å². The Bertz CT molecular complexity index is 1760. The fourth-order valence-electron chi connectivity index (χ4n) is 4.43. The maximum absolute atomic E-state index is 13.3. The number of aromatic nitrogens is 5. The molecule has 1 N–H and O–H groups in total. The van der Waals surface area contributed by atoms with Crippen LogP contribution in [0.25, 0.3) is 22.2 Å². The first-order valence-electron chi connectivity index (χ1n) is 11.7. The Morgan fingerprint density at radius 3 is 2.67 bits per heavy atom. The van der Waals surface area contributed by atoms with Crippen molar-refractivity contribution in [3.63, 3.8) is 0 Å². The van der Waals surface area contributed by atoms with Gasteiger partial charge in [0.1, 0.15) is 30.0 Å². The lowest BCUT2D eigenvalue weighted by Crippen LogP contribution is -2.39. The first-order chi connectivity index (χ1) is 18.5. The molecule has 1 aromatic carbocycles. The molecule has 0 bridgehead atoms. The Hall–Kier alpha value is -4.38. The lowest BCUT2D eigenvalue weighted by atomic mass is 10.0. The van der Waals surface area contributed by atoms with E-state index in [0.29, 0.717) is 27.6 Å². The van der Waals surface area contributed by atoms with Crippen molar-refractivity contribution in [3.05, 3.63) is 105 Å². The first kappa shape index (κ1) is 26.2. The topological polar surface area (TPSA) is 86.0 Å². The highest BCUT2D eigenvalue weighted by molar-refractivity contribution is 6.31. The van der Waals surface area contributed by atoms with Crippen LogP contribution in [0, 0.1) is 6.92 Å². The molecule has 5 rings (SSSR count). The van der Waals surface area contributed by atoms with Crippen LogP contribution in [-0.4, -0.2) is 24.5 Å². The van der Waals surface area contributed by atoms with E-state index < -0.39 is 17.3 Å². The van der Waals surface area contributed by atoms with Gasteiger partial charge in [-0.15, -0.1) is 0 Å². The molecule has 0 radical (unpaired) electrons. The highest BCUT2D eigenvalue weighted by Gasteiger charge is 2.34. The minimum absolute atomic E-state index is 0.0869. The molecule has 0 saturated carbocycles. The minimum Gasteiger partial charge on any atom is -0.486 e. The van der Waals surface area contributed by atoms with Gasteiger partial charge in [0.05, 0.1) is 16.3 Å². The maximum atomic E-state index is 13.3. The average Bonchev–Trinajstić information content (AvgIpc) is 3.31. The van der Waals surface area contributed by atoms with E-state index in [1.165, 1.54) is 18.5 Å². The predicted molar refractivity (Wildman–Crippen MR) is 137 cm³/mol. The molecule has 0 aliphatic heterocycles. The number of ether oxygens (including phenoxy) is 1. The first-order valence-corrected chi connectivity index (χ1v) is 12.1. The summed E-state index contributed by atoms with van der Waals surface area (Å²) in [5.74, 6) is 0.436. The van der Waals surface area contributed by atoms with Gasteiger partial charge in [0.25, 0.3) is 11.3 Å². The van der Waals surface area contributed by atoms with E-state index in [1.54, 1.807) is 16.9 Å². The maximum Gasteiger partial charge on any atom is 0.421 e. The third-order valence-electron chi connectivity index (χ3n) is 6.32. The van der Waals surface area contributed by atoms with Crippen molar-refractivity contribution in [2.24, 2.45) is 7.05 Å². The molecule has 5 aromatic rings. The number of alkyl halides is 3. The summed E-state index contributed by atoms with van der Waals surface area (Å²) >= 11 is 6.43. The summed E-state index contributed by atoms with van der Waals surface area (Å²) in [4.78, 5) is 17.2. The van der Waals surface area contributed by atoms with Crippen molar-refractivity contribution >= 4 is 22.5 Å². The number of benzene rings is 1. The van der Waals surface area contributed by atoms with Crippen LogP contribution >= 0.6 is 11.6 Å². The molecular weight excluding hydrogens is 535 g/mol. The minimum atomic E-state index is -4.82. The number of pyridine rings is 3. The summed E-state index contributed by atoms with van der Waals surface area (Å²) in [6.45, 7) is 1.33. The molecule has 0 aliphatic carbocycles. The Kier molecular flexibility index (Phi) is 6.77. The molecule has 8 nitrogen and oxygen atoms in total. The highest BCUT2D eigenvalue weighted by atomic mass is 35.5. The van der Waals surface area contributed by atoms with Crippen LogP contribution in [0.4, 0.5) is 13.2 Å². The van der Waals surface area contributed by atoms with Crippen LogP contribution in [0.1, 0.15) is 22.5 Å². The van der Waals surface area contributed by atoms with E-state index in [-0.39, 0.29) is 23.9 Å². The second-order valence-electron chi connectivity index (χ2n) is 8.88. The van der Waals surface area contributed by atoms with Gasteiger partial charge in [0.2, 0.25) is 6.20 Å². The Morgan fingerprint density at radius 1 is 1.15 bits per heavy atom. The van der Waals surface area contributed by atoms with E-state index in [9.17, 15) is 23.2 Å². The Morgan fingerprint density at radius 2 is 1.95 bits per heavy atom. The SMILES string of the molecule is Cc1cc(-c2ccnn2C)c2cccc(OCc3c(Cl)cc[n+](O)c3Cn3cccc(C(F)(F)F)c3=O)c2n1. The summed E-state index contributed by atoms with van der Waals surface area (Å²) in [6.07, 6.45) is -0.664. The quantitative estimate of drug-likeness (QED) is 0.237. The van der Waals surface area contributed by atoms with Gasteiger partial charge in [-0.3, -0.25) is 14.7 Å². The second-order valence-corrected chi connectivity index (χ2v) is 9.29. The van der Waals surface area contributed by atoms with Gasteiger partial charge in [-0.1, -0.05) is 23.7 Å². The molecule has 12 heteroatoms. The summed E-state index contributed by atoms with van der Waals surface area (Å²) in [6, 6.07) is 12.6. The van der Waals surface area contributed by atoms with Gasteiger partial charge < -0.3 is 9.30 Å². The molecule has 4 aromatic heterocycles. The molecule has 0 atom stereocenters. The van der Waals surface area contributed by atoms with Crippen molar-refractivity contribution in [3.8, 4) is 17.0 Å². The molecule has 0 saturated heterocycles. The third kappa shape index (κ3) is 5.05. The van der Waals surface area contributed by atoms with E-state index >= 15 is 0 Å². The number of para-hydroxylation sites is 1. The zero-order valence-electron chi connectivity index (χ0n) is 20.8. The fraction of sp³-hybridized carbons (Fsp3) is 0.185. The monoisotopic (exact) mass is 556 g/mol.